The summed E-state index contributed by atoms with van der Waals surface area (Å²) in [7, 11) is 0. The molecule has 0 aliphatic heterocycles. The maximum atomic E-state index is 11.1. The summed E-state index contributed by atoms with van der Waals surface area (Å²) < 4.78 is 1.70. The molecule has 0 amide bonds. The van der Waals surface area contributed by atoms with Gasteiger partial charge in [-0.05, 0) is 12.5 Å². The van der Waals surface area contributed by atoms with Gasteiger partial charge in [0, 0.05) is 5.39 Å². The molecule has 0 aliphatic rings. The van der Waals surface area contributed by atoms with Crippen LogP contribution in [0.3, 0.4) is 0 Å². The predicted octanol–water partition coefficient (Wildman–Crippen LogP) is 2.70. The zero-order chi connectivity index (χ0) is 12.4. The van der Waals surface area contributed by atoms with E-state index in [4.69, 9.17) is 5.11 Å². The van der Waals surface area contributed by atoms with Gasteiger partial charge < -0.3 is 5.11 Å². The van der Waals surface area contributed by atoms with Gasteiger partial charge in [-0.25, -0.2) is 4.79 Å². The molecular weight excluding hydrogens is 216 g/mol. The van der Waals surface area contributed by atoms with Gasteiger partial charge in [0.25, 0.3) is 0 Å². The van der Waals surface area contributed by atoms with Gasteiger partial charge in [0.05, 0.1) is 12.1 Å². The minimum absolute atomic E-state index is 0.101. The fourth-order valence-electron chi connectivity index (χ4n) is 1.73. The first-order valence-corrected chi connectivity index (χ1v) is 5.49. The molecule has 4 nitrogen and oxygen atoms in total. The second kappa shape index (κ2) is 4.41. The van der Waals surface area contributed by atoms with Crippen molar-refractivity contribution < 1.29 is 9.90 Å². The molecule has 0 aliphatic carbocycles. The van der Waals surface area contributed by atoms with E-state index in [0.29, 0.717) is 11.9 Å². The van der Waals surface area contributed by atoms with Crippen molar-refractivity contribution in [3.05, 3.63) is 42.1 Å². The standard InChI is InChI=1S/C13H14N2O2/c1-3-9(2)8-15-11-7-5-4-6-10(11)12(14-15)13(16)17/h4-7H,2-3,8H2,1H3,(H,16,17). The molecule has 2 aromatic rings. The SMILES string of the molecule is C=C(CC)Cn1nc(C(=O)O)c2ccccc21. The number of fused-ring (bicyclic) bond motifs is 1. The average Bonchev–Trinajstić information content (AvgIpc) is 2.68. The lowest BCUT2D eigenvalue weighted by atomic mass is 10.2. The van der Waals surface area contributed by atoms with E-state index in [-0.39, 0.29) is 5.69 Å². The first-order valence-electron chi connectivity index (χ1n) is 5.49. The first-order chi connectivity index (χ1) is 8.13. The minimum Gasteiger partial charge on any atom is -0.476 e. The van der Waals surface area contributed by atoms with Crippen LogP contribution in [0.5, 0.6) is 0 Å². The normalized spacial score (nSPS) is 10.6. The lowest BCUT2D eigenvalue weighted by molar-refractivity contribution is 0.0691. The van der Waals surface area contributed by atoms with E-state index in [0.717, 1.165) is 17.5 Å². The quantitative estimate of drug-likeness (QED) is 0.821. The Hall–Kier alpha value is -2.10. The van der Waals surface area contributed by atoms with Crippen molar-refractivity contribution in [2.75, 3.05) is 0 Å². The molecule has 1 aromatic heterocycles. The second-order valence-corrected chi connectivity index (χ2v) is 3.93. The lowest BCUT2D eigenvalue weighted by Gasteiger charge is -2.03. The van der Waals surface area contributed by atoms with E-state index in [1.807, 2.05) is 25.1 Å². The molecule has 0 spiro atoms. The topological polar surface area (TPSA) is 55.1 Å². The molecule has 0 saturated carbocycles. The molecule has 0 fully saturated rings. The summed E-state index contributed by atoms with van der Waals surface area (Å²) in [6.45, 7) is 6.50. The van der Waals surface area contributed by atoms with Crippen LogP contribution in [-0.2, 0) is 6.54 Å². The Kier molecular flexibility index (Phi) is 2.95. The Balaban J connectivity index is 2.56. The van der Waals surface area contributed by atoms with Gasteiger partial charge in [0.15, 0.2) is 5.69 Å². The number of carboxylic acid groups (broad SMARTS) is 1. The van der Waals surface area contributed by atoms with Crippen LogP contribution < -0.4 is 0 Å². The van der Waals surface area contributed by atoms with Crippen LogP contribution in [0, 0.1) is 0 Å². The third-order valence-corrected chi connectivity index (χ3v) is 2.73. The van der Waals surface area contributed by atoms with Crippen molar-refractivity contribution in [1.29, 1.82) is 0 Å². The maximum absolute atomic E-state index is 11.1. The monoisotopic (exact) mass is 230 g/mol. The summed E-state index contributed by atoms with van der Waals surface area (Å²) >= 11 is 0. The zero-order valence-corrected chi connectivity index (χ0v) is 9.68. The average molecular weight is 230 g/mol. The van der Waals surface area contributed by atoms with Gasteiger partial charge in [-0.2, -0.15) is 5.10 Å². The Morgan fingerprint density at radius 1 is 1.47 bits per heavy atom. The fourth-order valence-corrected chi connectivity index (χ4v) is 1.73. The number of aromatic carboxylic acids is 1. The third kappa shape index (κ3) is 2.06. The number of rotatable bonds is 4. The van der Waals surface area contributed by atoms with E-state index < -0.39 is 5.97 Å². The smallest absolute Gasteiger partial charge is 0.357 e. The number of carboxylic acids is 1. The summed E-state index contributed by atoms with van der Waals surface area (Å²) in [5.41, 5.74) is 1.96. The van der Waals surface area contributed by atoms with Gasteiger partial charge in [-0.15, -0.1) is 0 Å². The second-order valence-electron chi connectivity index (χ2n) is 3.93. The number of aromatic nitrogens is 2. The Labute approximate surface area is 99.2 Å². The third-order valence-electron chi connectivity index (χ3n) is 2.73. The van der Waals surface area contributed by atoms with E-state index in [2.05, 4.69) is 11.7 Å². The fraction of sp³-hybridized carbons (Fsp3) is 0.231. The summed E-state index contributed by atoms with van der Waals surface area (Å²) in [4.78, 5) is 11.1. The molecule has 0 radical (unpaired) electrons. The van der Waals surface area contributed by atoms with E-state index in [1.165, 1.54) is 0 Å². The summed E-state index contributed by atoms with van der Waals surface area (Å²) in [5, 5.41) is 13.9. The number of nitrogens with zero attached hydrogens (tertiary/aromatic N) is 2. The van der Waals surface area contributed by atoms with E-state index in [9.17, 15) is 4.79 Å². The first kappa shape index (κ1) is 11.4. The van der Waals surface area contributed by atoms with Crippen molar-refractivity contribution >= 4 is 16.9 Å². The molecule has 2 rings (SSSR count). The van der Waals surface area contributed by atoms with Crippen LogP contribution in [-0.4, -0.2) is 20.9 Å². The Morgan fingerprint density at radius 2 is 2.18 bits per heavy atom. The van der Waals surface area contributed by atoms with Crippen LogP contribution >= 0.6 is 0 Å². The molecule has 0 saturated heterocycles. The van der Waals surface area contributed by atoms with Gasteiger partial charge in [0.2, 0.25) is 0 Å². The summed E-state index contributed by atoms with van der Waals surface area (Å²) in [5.74, 6) is -0.998. The maximum Gasteiger partial charge on any atom is 0.357 e. The molecule has 1 heterocycles. The highest BCUT2D eigenvalue weighted by Crippen LogP contribution is 2.19. The van der Waals surface area contributed by atoms with Crippen molar-refractivity contribution in [2.45, 2.75) is 19.9 Å². The van der Waals surface area contributed by atoms with Crippen molar-refractivity contribution in [3.8, 4) is 0 Å². The van der Waals surface area contributed by atoms with Crippen LogP contribution in [0.25, 0.3) is 10.9 Å². The van der Waals surface area contributed by atoms with Gasteiger partial charge >= 0.3 is 5.97 Å². The van der Waals surface area contributed by atoms with Crippen molar-refractivity contribution in [2.24, 2.45) is 0 Å². The minimum atomic E-state index is -0.998. The van der Waals surface area contributed by atoms with Crippen molar-refractivity contribution in [3.63, 3.8) is 0 Å². The van der Waals surface area contributed by atoms with Gasteiger partial charge in [-0.3, -0.25) is 4.68 Å². The molecular formula is C13H14N2O2. The number of hydrogen-bond donors (Lipinski definition) is 1. The highest BCUT2D eigenvalue weighted by Gasteiger charge is 2.15. The van der Waals surface area contributed by atoms with E-state index >= 15 is 0 Å². The molecule has 1 aromatic carbocycles. The molecule has 88 valence electrons. The largest absolute Gasteiger partial charge is 0.476 e. The highest BCUT2D eigenvalue weighted by atomic mass is 16.4. The highest BCUT2D eigenvalue weighted by molar-refractivity contribution is 6.01. The predicted molar refractivity (Wildman–Crippen MR) is 66.1 cm³/mol. The number of hydrogen-bond acceptors (Lipinski definition) is 2. The molecule has 1 N–H and O–H groups in total. The number of benzene rings is 1. The lowest BCUT2D eigenvalue weighted by Crippen LogP contribution is -2.04. The van der Waals surface area contributed by atoms with Gasteiger partial charge in [-0.1, -0.05) is 37.3 Å². The van der Waals surface area contributed by atoms with Crippen LogP contribution in [0.1, 0.15) is 23.8 Å². The van der Waals surface area contributed by atoms with Crippen LogP contribution in [0.15, 0.2) is 36.4 Å². The Bertz CT molecular complexity index is 584. The molecule has 4 heteroatoms. The van der Waals surface area contributed by atoms with Gasteiger partial charge in [0.1, 0.15) is 0 Å². The Morgan fingerprint density at radius 3 is 2.82 bits per heavy atom. The molecule has 0 atom stereocenters. The molecule has 0 unspecified atom stereocenters. The van der Waals surface area contributed by atoms with Crippen molar-refractivity contribution in [1.82, 2.24) is 9.78 Å². The zero-order valence-electron chi connectivity index (χ0n) is 9.68. The molecule has 0 bridgehead atoms. The number of allylic oxidation sites excluding steroid dienone is 1. The summed E-state index contributed by atoms with van der Waals surface area (Å²) in [6.07, 6.45) is 0.858. The number of para-hydroxylation sites is 1. The molecule has 17 heavy (non-hydrogen) atoms. The van der Waals surface area contributed by atoms with Crippen LogP contribution in [0.2, 0.25) is 0 Å². The van der Waals surface area contributed by atoms with E-state index in [1.54, 1.807) is 10.7 Å². The van der Waals surface area contributed by atoms with Crippen LogP contribution in [0.4, 0.5) is 0 Å². The summed E-state index contributed by atoms with van der Waals surface area (Å²) in [6, 6.07) is 7.34. The number of carbonyl (C=O) groups is 1.